The van der Waals surface area contributed by atoms with E-state index in [0.717, 1.165) is 44.1 Å². The van der Waals surface area contributed by atoms with E-state index in [-0.39, 0.29) is 0 Å². The van der Waals surface area contributed by atoms with Gasteiger partial charge in [0.1, 0.15) is 5.82 Å². The Morgan fingerprint density at radius 3 is 2.76 bits per heavy atom. The van der Waals surface area contributed by atoms with Crippen molar-refractivity contribution < 1.29 is 4.79 Å². The summed E-state index contributed by atoms with van der Waals surface area (Å²) in [5.74, 6) is 1.01. The van der Waals surface area contributed by atoms with Gasteiger partial charge in [-0.3, -0.25) is 4.79 Å². The molecular weight excluding hydrogens is 264 g/mol. The van der Waals surface area contributed by atoms with Crippen molar-refractivity contribution in [2.45, 2.75) is 33.1 Å². The molecule has 116 valence electrons. The van der Waals surface area contributed by atoms with E-state index in [2.05, 4.69) is 22.1 Å². The number of hydrogen-bond donors (Lipinski definition) is 2. The number of piperidine rings is 1. The molecule has 0 bridgehead atoms. The molecule has 0 saturated carbocycles. The van der Waals surface area contributed by atoms with Gasteiger partial charge < -0.3 is 16.0 Å². The van der Waals surface area contributed by atoms with Gasteiger partial charge in [0.25, 0.3) is 5.91 Å². The van der Waals surface area contributed by atoms with E-state index < -0.39 is 5.91 Å². The Balaban J connectivity index is 2.23. The molecule has 3 N–H and O–H groups in total. The van der Waals surface area contributed by atoms with Crippen LogP contribution in [0, 0.1) is 12.8 Å². The lowest BCUT2D eigenvalue weighted by Gasteiger charge is -2.31. The number of nitrogens with zero attached hydrogens (tertiary/aromatic N) is 2. The van der Waals surface area contributed by atoms with Crippen LogP contribution < -0.4 is 16.0 Å². The molecule has 0 aliphatic carbocycles. The first-order valence-electron chi connectivity index (χ1n) is 7.85. The first kappa shape index (κ1) is 15.8. The smallest absolute Gasteiger partial charge is 0.252 e. The molecular formula is C16H26N4O. The minimum atomic E-state index is -0.399. The first-order chi connectivity index (χ1) is 10.1. The molecule has 1 aromatic rings. The molecule has 1 aliphatic rings. The van der Waals surface area contributed by atoms with Gasteiger partial charge in [-0.05, 0) is 57.3 Å². The van der Waals surface area contributed by atoms with E-state index >= 15 is 0 Å². The standard InChI is InChI=1S/C16H26N4O/c1-3-10-20(11-13-6-8-18-9-7-13)16-14(15(17)21)5-4-12(2)19-16/h4-5,13,18H,3,6-11H2,1-2H3,(H2,17,21). The quantitative estimate of drug-likeness (QED) is 0.836. The Morgan fingerprint density at radius 2 is 2.14 bits per heavy atom. The Kier molecular flexibility index (Phi) is 5.56. The van der Waals surface area contributed by atoms with Crippen LogP contribution in [-0.2, 0) is 0 Å². The lowest BCUT2D eigenvalue weighted by atomic mass is 9.97. The summed E-state index contributed by atoms with van der Waals surface area (Å²) in [6.07, 6.45) is 3.38. The van der Waals surface area contributed by atoms with Gasteiger partial charge in [-0.1, -0.05) is 6.92 Å². The maximum Gasteiger partial charge on any atom is 0.252 e. The van der Waals surface area contributed by atoms with Gasteiger partial charge in [0, 0.05) is 18.8 Å². The summed E-state index contributed by atoms with van der Waals surface area (Å²) >= 11 is 0. The third-order valence-electron chi connectivity index (χ3n) is 4.01. The summed E-state index contributed by atoms with van der Waals surface area (Å²) in [4.78, 5) is 18.5. The highest BCUT2D eigenvalue weighted by Crippen LogP contribution is 2.22. The Morgan fingerprint density at radius 1 is 1.43 bits per heavy atom. The highest BCUT2D eigenvalue weighted by atomic mass is 16.1. The lowest BCUT2D eigenvalue weighted by Crippen LogP contribution is -2.38. The topological polar surface area (TPSA) is 71.2 Å². The number of anilines is 1. The maximum atomic E-state index is 11.7. The van der Waals surface area contributed by atoms with Crippen molar-refractivity contribution in [3.63, 3.8) is 0 Å². The van der Waals surface area contributed by atoms with Gasteiger partial charge in [-0.25, -0.2) is 4.98 Å². The van der Waals surface area contributed by atoms with Crippen LogP contribution in [-0.4, -0.2) is 37.1 Å². The van der Waals surface area contributed by atoms with Gasteiger partial charge in [-0.2, -0.15) is 0 Å². The number of nitrogens with one attached hydrogen (secondary N) is 1. The minimum absolute atomic E-state index is 0.399. The van der Waals surface area contributed by atoms with Gasteiger partial charge in [-0.15, -0.1) is 0 Å². The molecule has 1 saturated heterocycles. The number of rotatable bonds is 6. The fourth-order valence-electron chi connectivity index (χ4n) is 2.91. The number of pyridine rings is 1. The zero-order chi connectivity index (χ0) is 15.2. The van der Waals surface area contributed by atoms with Crippen molar-refractivity contribution in [2.24, 2.45) is 11.7 Å². The van der Waals surface area contributed by atoms with E-state index in [1.54, 1.807) is 6.07 Å². The van der Waals surface area contributed by atoms with E-state index in [1.807, 2.05) is 13.0 Å². The molecule has 1 amide bonds. The SMILES string of the molecule is CCCN(CC1CCNCC1)c1nc(C)ccc1C(N)=O. The molecule has 1 aliphatic heterocycles. The summed E-state index contributed by atoms with van der Waals surface area (Å²) in [6, 6.07) is 3.64. The van der Waals surface area contributed by atoms with Crippen molar-refractivity contribution >= 4 is 11.7 Å². The molecule has 5 heteroatoms. The highest BCUT2D eigenvalue weighted by Gasteiger charge is 2.21. The predicted octanol–water partition coefficient (Wildman–Crippen LogP) is 1.70. The van der Waals surface area contributed by atoms with Crippen LogP contribution in [0.5, 0.6) is 0 Å². The molecule has 0 atom stereocenters. The molecule has 1 aromatic heterocycles. The fraction of sp³-hybridized carbons (Fsp3) is 0.625. The molecule has 0 radical (unpaired) electrons. The zero-order valence-corrected chi connectivity index (χ0v) is 13.1. The number of carbonyl (C=O) groups excluding carboxylic acids is 1. The summed E-state index contributed by atoms with van der Waals surface area (Å²) in [6.45, 7) is 8.11. The Hall–Kier alpha value is -1.62. The zero-order valence-electron chi connectivity index (χ0n) is 13.1. The van der Waals surface area contributed by atoms with Gasteiger partial charge in [0.05, 0.1) is 5.56 Å². The number of primary amides is 1. The van der Waals surface area contributed by atoms with Crippen LogP contribution in [0.2, 0.25) is 0 Å². The summed E-state index contributed by atoms with van der Waals surface area (Å²) in [5, 5.41) is 3.39. The van der Waals surface area contributed by atoms with Crippen molar-refractivity contribution in [3.05, 3.63) is 23.4 Å². The second-order valence-corrected chi connectivity index (χ2v) is 5.83. The van der Waals surface area contributed by atoms with Crippen molar-refractivity contribution in [1.29, 1.82) is 0 Å². The molecule has 2 rings (SSSR count). The number of aromatic nitrogens is 1. The third kappa shape index (κ3) is 4.17. The minimum Gasteiger partial charge on any atom is -0.365 e. The number of hydrogen-bond acceptors (Lipinski definition) is 4. The molecule has 0 aromatic carbocycles. The molecule has 1 fully saturated rings. The molecule has 21 heavy (non-hydrogen) atoms. The van der Waals surface area contributed by atoms with Gasteiger partial charge >= 0.3 is 0 Å². The van der Waals surface area contributed by atoms with E-state index in [1.165, 1.54) is 12.8 Å². The average Bonchev–Trinajstić information content (AvgIpc) is 2.47. The maximum absolute atomic E-state index is 11.7. The van der Waals surface area contributed by atoms with Crippen LogP contribution in [0.15, 0.2) is 12.1 Å². The fourth-order valence-corrected chi connectivity index (χ4v) is 2.91. The number of amides is 1. The van der Waals surface area contributed by atoms with E-state index in [4.69, 9.17) is 5.73 Å². The van der Waals surface area contributed by atoms with E-state index in [0.29, 0.717) is 11.5 Å². The highest BCUT2D eigenvalue weighted by molar-refractivity contribution is 5.97. The molecule has 0 spiro atoms. The number of nitrogens with two attached hydrogens (primary N) is 1. The van der Waals surface area contributed by atoms with Crippen LogP contribution >= 0.6 is 0 Å². The molecule has 5 nitrogen and oxygen atoms in total. The van der Waals surface area contributed by atoms with Gasteiger partial charge in [0.15, 0.2) is 0 Å². The van der Waals surface area contributed by atoms with Crippen molar-refractivity contribution in [3.8, 4) is 0 Å². The van der Waals surface area contributed by atoms with Gasteiger partial charge in [0.2, 0.25) is 0 Å². The summed E-state index contributed by atoms with van der Waals surface area (Å²) in [5.41, 5.74) is 6.96. The van der Waals surface area contributed by atoms with Crippen LogP contribution in [0.1, 0.15) is 42.2 Å². The molecule has 0 unspecified atom stereocenters. The first-order valence-corrected chi connectivity index (χ1v) is 7.85. The van der Waals surface area contributed by atoms with Crippen LogP contribution in [0.4, 0.5) is 5.82 Å². The van der Waals surface area contributed by atoms with Crippen molar-refractivity contribution in [1.82, 2.24) is 10.3 Å². The second kappa shape index (κ2) is 7.41. The second-order valence-electron chi connectivity index (χ2n) is 5.83. The average molecular weight is 290 g/mol. The number of carbonyl (C=O) groups is 1. The Bertz CT molecular complexity index is 483. The monoisotopic (exact) mass is 290 g/mol. The summed E-state index contributed by atoms with van der Waals surface area (Å²) < 4.78 is 0. The molecule has 2 heterocycles. The largest absolute Gasteiger partial charge is 0.365 e. The normalized spacial score (nSPS) is 15.9. The third-order valence-corrected chi connectivity index (χ3v) is 4.01. The predicted molar refractivity (Wildman–Crippen MR) is 85.6 cm³/mol. The summed E-state index contributed by atoms with van der Waals surface area (Å²) in [7, 11) is 0. The Labute approximate surface area is 126 Å². The van der Waals surface area contributed by atoms with Crippen LogP contribution in [0.3, 0.4) is 0 Å². The van der Waals surface area contributed by atoms with Crippen LogP contribution in [0.25, 0.3) is 0 Å². The van der Waals surface area contributed by atoms with E-state index in [9.17, 15) is 4.79 Å². The van der Waals surface area contributed by atoms with Crippen molar-refractivity contribution in [2.75, 3.05) is 31.1 Å². The lowest BCUT2D eigenvalue weighted by molar-refractivity contribution is 0.100. The number of aryl methyl sites for hydroxylation is 1.